The van der Waals surface area contributed by atoms with Crippen LogP contribution in [-0.2, 0) is 28.4 Å². The molecule has 6 heteroatoms. The van der Waals surface area contributed by atoms with Crippen LogP contribution in [0.25, 0.3) is 0 Å². The Labute approximate surface area is 188 Å². The summed E-state index contributed by atoms with van der Waals surface area (Å²) in [5, 5.41) is 10.6. The molecule has 3 nitrogen and oxygen atoms in total. The van der Waals surface area contributed by atoms with Crippen LogP contribution in [0.3, 0.4) is 0 Å². The summed E-state index contributed by atoms with van der Waals surface area (Å²) in [5.74, 6) is -0.641. The normalized spacial score (nSPS) is 11.6. The second kappa shape index (κ2) is 9.01. The van der Waals surface area contributed by atoms with Crippen molar-refractivity contribution in [3.8, 4) is 5.75 Å². The first-order valence-electron chi connectivity index (χ1n) is 9.69. The van der Waals surface area contributed by atoms with E-state index < -0.39 is 9.84 Å². The number of phenolic OH excluding ortho intramolecular Hbond substituents is 1. The summed E-state index contributed by atoms with van der Waals surface area (Å²) >= 11 is 12.0. The van der Waals surface area contributed by atoms with Crippen molar-refractivity contribution in [1.82, 2.24) is 0 Å². The van der Waals surface area contributed by atoms with E-state index in [1.807, 2.05) is 37.3 Å². The second-order valence-corrected chi connectivity index (χ2v) is 10.3. The largest absolute Gasteiger partial charge is 0.506 e. The summed E-state index contributed by atoms with van der Waals surface area (Å²) in [6, 6.07) is 14.7. The molecular weight excluding hydrogens is 439 g/mol. The Morgan fingerprint density at radius 1 is 0.900 bits per heavy atom. The Morgan fingerprint density at radius 3 is 2.23 bits per heavy atom. The van der Waals surface area contributed by atoms with Crippen LogP contribution < -0.4 is 0 Å². The van der Waals surface area contributed by atoms with Crippen LogP contribution >= 0.6 is 23.2 Å². The maximum absolute atomic E-state index is 13.5. The van der Waals surface area contributed by atoms with Gasteiger partial charge in [-0.2, -0.15) is 0 Å². The number of aryl methyl sites for hydroxylation is 3. The highest BCUT2D eigenvalue weighted by Gasteiger charge is 2.25. The third-order valence-electron chi connectivity index (χ3n) is 5.14. The summed E-state index contributed by atoms with van der Waals surface area (Å²) in [4.78, 5) is 0.300. The smallest absolute Gasteiger partial charge is 0.183 e. The highest BCUT2D eigenvalue weighted by Crippen LogP contribution is 2.35. The molecule has 0 saturated carbocycles. The van der Waals surface area contributed by atoms with Gasteiger partial charge in [0, 0.05) is 10.6 Å². The van der Waals surface area contributed by atoms with Crippen LogP contribution in [0.15, 0.2) is 53.4 Å². The number of hydrogen-bond acceptors (Lipinski definition) is 3. The van der Waals surface area contributed by atoms with Gasteiger partial charge in [0.25, 0.3) is 0 Å². The van der Waals surface area contributed by atoms with Crippen molar-refractivity contribution < 1.29 is 13.5 Å². The van der Waals surface area contributed by atoms with Gasteiger partial charge in [0.15, 0.2) is 9.84 Å². The molecule has 30 heavy (non-hydrogen) atoms. The zero-order chi connectivity index (χ0) is 22.1. The highest BCUT2D eigenvalue weighted by atomic mass is 35.5. The van der Waals surface area contributed by atoms with E-state index in [2.05, 4.69) is 13.0 Å². The first-order valence-corrected chi connectivity index (χ1v) is 12.1. The number of halogens is 2. The van der Waals surface area contributed by atoms with Gasteiger partial charge in [0.1, 0.15) is 5.75 Å². The van der Waals surface area contributed by atoms with Crippen LogP contribution in [0.2, 0.25) is 10.0 Å². The lowest BCUT2D eigenvalue weighted by atomic mass is 9.96. The van der Waals surface area contributed by atoms with Crippen LogP contribution in [-0.4, -0.2) is 13.5 Å². The van der Waals surface area contributed by atoms with E-state index in [9.17, 15) is 13.5 Å². The van der Waals surface area contributed by atoms with Gasteiger partial charge in [-0.15, -0.1) is 0 Å². The molecule has 3 aromatic rings. The summed E-state index contributed by atoms with van der Waals surface area (Å²) in [7, 11) is -3.76. The molecule has 0 heterocycles. The fraction of sp³-hybridized carbons (Fsp3) is 0.250. The van der Waals surface area contributed by atoms with Crippen molar-refractivity contribution in [1.29, 1.82) is 0 Å². The minimum Gasteiger partial charge on any atom is -0.506 e. The van der Waals surface area contributed by atoms with Gasteiger partial charge < -0.3 is 5.11 Å². The Kier molecular flexibility index (Phi) is 6.81. The minimum atomic E-state index is -3.76. The highest BCUT2D eigenvalue weighted by molar-refractivity contribution is 7.90. The molecule has 0 spiro atoms. The van der Waals surface area contributed by atoms with Crippen LogP contribution in [0.1, 0.15) is 40.3 Å². The van der Waals surface area contributed by atoms with Crippen LogP contribution in [0.4, 0.5) is 0 Å². The van der Waals surface area contributed by atoms with E-state index in [1.165, 1.54) is 17.7 Å². The number of sulfone groups is 1. The molecule has 0 aliphatic heterocycles. The maximum Gasteiger partial charge on any atom is 0.183 e. The van der Waals surface area contributed by atoms with Crippen molar-refractivity contribution >= 4 is 33.0 Å². The molecule has 0 aromatic heterocycles. The van der Waals surface area contributed by atoms with Crippen LogP contribution in [0, 0.1) is 13.8 Å². The Balaban J connectivity index is 2.11. The van der Waals surface area contributed by atoms with E-state index in [4.69, 9.17) is 23.2 Å². The monoisotopic (exact) mass is 462 g/mol. The quantitative estimate of drug-likeness (QED) is 0.458. The first-order chi connectivity index (χ1) is 14.1. The average Bonchev–Trinajstić information content (AvgIpc) is 2.65. The molecular formula is C24H24Cl2O3S. The zero-order valence-corrected chi connectivity index (χ0v) is 19.5. The van der Waals surface area contributed by atoms with Crippen molar-refractivity contribution in [3.05, 3.63) is 92.0 Å². The van der Waals surface area contributed by atoms with Gasteiger partial charge in [-0.05, 0) is 61.1 Å². The van der Waals surface area contributed by atoms with Gasteiger partial charge in [0.05, 0.1) is 15.7 Å². The fourth-order valence-electron chi connectivity index (χ4n) is 3.90. The van der Waals surface area contributed by atoms with Gasteiger partial charge in [0.2, 0.25) is 0 Å². The number of benzene rings is 3. The SMILES string of the molecule is CCc1ccccc1Cc1cc(C)cc(C)c1S(=O)(=O)Cc1cc(Cl)cc(Cl)c1O. The van der Waals surface area contributed by atoms with E-state index in [0.717, 1.165) is 23.1 Å². The molecule has 0 saturated heterocycles. The van der Waals surface area contributed by atoms with Crippen molar-refractivity contribution in [2.45, 2.75) is 44.3 Å². The summed E-state index contributed by atoms with van der Waals surface area (Å²) in [6.45, 7) is 5.85. The molecule has 0 bridgehead atoms. The zero-order valence-electron chi connectivity index (χ0n) is 17.2. The number of aromatic hydroxyl groups is 1. The molecule has 3 aromatic carbocycles. The average molecular weight is 463 g/mol. The molecule has 0 amide bonds. The molecule has 0 atom stereocenters. The molecule has 0 aliphatic rings. The molecule has 1 N–H and O–H groups in total. The topological polar surface area (TPSA) is 54.4 Å². The van der Waals surface area contributed by atoms with E-state index in [0.29, 0.717) is 16.9 Å². The van der Waals surface area contributed by atoms with E-state index in [1.54, 1.807) is 6.92 Å². The second-order valence-electron chi connectivity index (χ2n) is 7.52. The lowest BCUT2D eigenvalue weighted by molar-refractivity contribution is 0.470. The Hall–Kier alpha value is -2.01. The molecule has 0 unspecified atom stereocenters. The fourth-order valence-corrected chi connectivity index (χ4v) is 6.29. The Morgan fingerprint density at radius 2 is 1.57 bits per heavy atom. The predicted molar refractivity (Wildman–Crippen MR) is 124 cm³/mol. The standard InChI is InChI=1S/C24H24Cl2O3S/c1-4-17-7-5-6-8-18(17)11-19-10-15(2)9-16(3)24(19)30(28,29)14-20-12-21(25)13-22(26)23(20)27/h5-10,12-13,27H,4,11,14H2,1-3H3. The Bertz CT molecular complexity index is 1200. The third kappa shape index (κ3) is 4.83. The minimum absolute atomic E-state index is 0.0328. The summed E-state index contributed by atoms with van der Waals surface area (Å²) < 4.78 is 27.0. The van der Waals surface area contributed by atoms with Gasteiger partial charge >= 0.3 is 0 Å². The van der Waals surface area contributed by atoms with Gasteiger partial charge in [-0.1, -0.05) is 72.1 Å². The van der Waals surface area contributed by atoms with E-state index in [-0.39, 0.29) is 27.1 Å². The van der Waals surface area contributed by atoms with Crippen molar-refractivity contribution in [2.75, 3.05) is 0 Å². The molecule has 0 radical (unpaired) electrons. The number of phenols is 1. The van der Waals surface area contributed by atoms with E-state index >= 15 is 0 Å². The maximum atomic E-state index is 13.5. The molecule has 3 rings (SSSR count). The number of rotatable bonds is 6. The van der Waals surface area contributed by atoms with Crippen LogP contribution in [0.5, 0.6) is 5.75 Å². The molecule has 158 valence electrons. The predicted octanol–water partition coefficient (Wildman–Crippen LogP) is 6.44. The number of hydrogen-bond donors (Lipinski definition) is 1. The molecule has 0 aliphatic carbocycles. The van der Waals surface area contributed by atoms with Gasteiger partial charge in [-0.3, -0.25) is 0 Å². The third-order valence-corrected chi connectivity index (χ3v) is 7.54. The van der Waals surface area contributed by atoms with Crippen molar-refractivity contribution in [3.63, 3.8) is 0 Å². The summed E-state index contributed by atoms with van der Waals surface area (Å²) in [5.41, 5.74) is 4.93. The lowest BCUT2D eigenvalue weighted by Gasteiger charge is -2.17. The first kappa shape index (κ1) is 22.7. The molecule has 0 fully saturated rings. The van der Waals surface area contributed by atoms with Gasteiger partial charge in [-0.25, -0.2) is 8.42 Å². The lowest BCUT2D eigenvalue weighted by Crippen LogP contribution is -2.12. The van der Waals surface area contributed by atoms with Crippen molar-refractivity contribution in [2.24, 2.45) is 0 Å². The summed E-state index contributed by atoms with van der Waals surface area (Å²) in [6.07, 6.45) is 1.39.